The van der Waals surface area contributed by atoms with Crippen molar-refractivity contribution in [3.05, 3.63) is 66.5 Å². The molecule has 0 saturated carbocycles. The van der Waals surface area contributed by atoms with Crippen molar-refractivity contribution >= 4 is 5.91 Å². The van der Waals surface area contributed by atoms with Gasteiger partial charge in [0, 0.05) is 37.1 Å². The Bertz CT molecular complexity index is 1010. The third-order valence-electron chi connectivity index (χ3n) is 5.03. The van der Waals surface area contributed by atoms with Gasteiger partial charge in [-0.1, -0.05) is 37.6 Å². The Kier molecular flexibility index (Phi) is 5.02. The van der Waals surface area contributed by atoms with Crippen LogP contribution < -0.4 is 0 Å². The Morgan fingerprint density at radius 2 is 2.00 bits per heavy atom. The average molecular weight is 373 g/mol. The number of nitrogens with zero attached hydrogens (tertiary/aromatic N) is 5. The van der Waals surface area contributed by atoms with Crippen molar-refractivity contribution in [3.8, 4) is 22.8 Å². The van der Waals surface area contributed by atoms with Crippen molar-refractivity contribution < 1.29 is 4.79 Å². The predicted octanol–water partition coefficient (Wildman–Crippen LogP) is 3.72. The van der Waals surface area contributed by atoms with Crippen LogP contribution in [0.5, 0.6) is 0 Å². The number of rotatable bonds is 5. The maximum absolute atomic E-state index is 13.0. The molecule has 0 unspecified atom stereocenters. The molecule has 2 aromatic heterocycles. The number of amides is 1. The van der Waals surface area contributed by atoms with E-state index in [4.69, 9.17) is 0 Å². The zero-order valence-corrected chi connectivity index (χ0v) is 16.1. The van der Waals surface area contributed by atoms with E-state index in [2.05, 4.69) is 34.3 Å². The first-order valence-corrected chi connectivity index (χ1v) is 9.57. The lowest BCUT2D eigenvalue weighted by molar-refractivity contribution is 0.0744. The van der Waals surface area contributed by atoms with Crippen LogP contribution in [-0.2, 0) is 7.05 Å². The largest absolute Gasteiger partial charge is 0.333 e. The molecule has 0 N–H and O–H groups in total. The number of carbonyl (C=O) groups excluding carboxylic acids is 1. The summed E-state index contributed by atoms with van der Waals surface area (Å²) in [6.45, 7) is 2.81. The second-order valence-corrected chi connectivity index (χ2v) is 6.99. The highest BCUT2D eigenvalue weighted by molar-refractivity contribution is 5.96. The number of aromatic nitrogens is 4. The quantitative estimate of drug-likeness (QED) is 0.640. The molecule has 1 aliphatic rings. The minimum Gasteiger partial charge on any atom is -0.333 e. The third kappa shape index (κ3) is 3.45. The zero-order chi connectivity index (χ0) is 19.5. The molecule has 0 aliphatic carbocycles. The number of hydrogen-bond donors (Lipinski definition) is 0. The minimum absolute atomic E-state index is 0.0582. The molecule has 142 valence electrons. The Morgan fingerprint density at radius 1 is 1.18 bits per heavy atom. The van der Waals surface area contributed by atoms with E-state index in [9.17, 15) is 4.79 Å². The fraction of sp³-hybridized carbons (Fsp3) is 0.273. The van der Waals surface area contributed by atoms with Crippen molar-refractivity contribution in [2.24, 2.45) is 7.05 Å². The summed E-state index contributed by atoms with van der Waals surface area (Å²) in [4.78, 5) is 19.2. The summed E-state index contributed by atoms with van der Waals surface area (Å²) in [6.07, 6.45) is 9.86. The smallest absolute Gasteiger partial charge is 0.254 e. The summed E-state index contributed by atoms with van der Waals surface area (Å²) in [5, 5.41) is 8.66. The molecule has 1 atom stereocenters. The van der Waals surface area contributed by atoms with Gasteiger partial charge in [0.05, 0.1) is 11.7 Å². The van der Waals surface area contributed by atoms with Crippen molar-refractivity contribution in [1.29, 1.82) is 0 Å². The van der Waals surface area contributed by atoms with Crippen LogP contribution in [0, 0.1) is 0 Å². The molecular formula is C22H23N5O. The third-order valence-corrected chi connectivity index (χ3v) is 5.03. The molecule has 28 heavy (non-hydrogen) atoms. The number of aryl methyl sites for hydroxylation is 1. The Balaban J connectivity index is 1.57. The molecule has 1 amide bonds. The molecule has 6 nitrogen and oxygen atoms in total. The van der Waals surface area contributed by atoms with Gasteiger partial charge in [0.2, 0.25) is 0 Å². The highest BCUT2D eigenvalue weighted by Gasteiger charge is 2.25. The van der Waals surface area contributed by atoms with Crippen LogP contribution in [0.4, 0.5) is 0 Å². The summed E-state index contributed by atoms with van der Waals surface area (Å²) in [5.74, 6) is 0.828. The number of carbonyl (C=O) groups is 1. The molecule has 3 aromatic rings. The summed E-state index contributed by atoms with van der Waals surface area (Å²) < 4.78 is 1.90. The molecule has 3 heterocycles. The van der Waals surface area contributed by atoms with E-state index < -0.39 is 0 Å². The van der Waals surface area contributed by atoms with E-state index in [1.54, 1.807) is 6.20 Å². The van der Waals surface area contributed by atoms with Crippen LogP contribution in [0.3, 0.4) is 0 Å². The van der Waals surface area contributed by atoms with Gasteiger partial charge in [-0.2, -0.15) is 0 Å². The van der Waals surface area contributed by atoms with Gasteiger partial charge in [0.1, 0.15) is 5.69 Å². The first-order valence-electron chi connectivity index (χ1n) is 9.57. The van der Waals surface area contributed by atoms with Crippen LogP contribution in [0.25, 0.3) is 22.8 Å². The normalized spacial score (nSPS) is 15.9. The van der Waals surface area contributed by atoms with E-state index in [1.807, 2.05) is 59.1 Å². The maximum atomic E-state index is 13.0. The lowest BCUT2D eigenvalue weighted by atomic mass is 10.1. The monoisotopic (exact) mass is 373 g/mol. The molecule has 0 radical (unpaired) electrons. The second kappa shape index (κ2) is 7.76. The van der Waals surface area contributed by atoms with Crippen molar-refractivity contribution in [3.63, 3.8) is 0 Å². The molecule has 1 aromatic carbocycles. The minimum atomic E-state index is 0.0582. The van der Waals surface area contributed by atoms with Crippen LogP contribution in [0.2, 0.25) is 0 Å². The standard InChI is InChI=1S/C22H23N5O/c1-3-6-18-9-5-13-27(18)22(28)17-8-4-7-16(15-17)19-10-11-20(25-24-19)21-23-12-14-26(21)2/h4-5,7-12,14-15,18H,3,6,13H2,1-2H3/t18-/m1/s1. The molecule has 0 spiro atoms. The van der Waals surface area contributed by atoms with E-state index in [1.165, 1.54) is 0 Å². The molecule has 0 fully saturated rings. The zero-order valence-electron chi connectivity index (χ0n) is 16.1. The van der Waals surface area contributed by atoms with Gasteiger partial charge in [-0.3, -0.25) is 4.79 Å². The van der Waals surface area contributed by atoms with E-state index in [0.717, 1.165) is 29.9 Å². The van der Waals surface area contributed by atoms with Gasteiger partial charge in [0.25, 0.3) is 5.91 Å². The second-order valence-electron chi connectivity index (χ2n) is 6.99. The van der Waals surface area contributed by atoms with E-state index in [-0.39, 0.29) is 11.9 Å². The highest BCUT2D eigenvalue weighted by Crippen LogP contribution is 2.23. The topological polar surface area (TPSA) is 63.9 Å². The van der Waals surface area contributed by atoms with Crippen LogP contribution in [-0.4, -0.2) is 43.1 Å². The Labute approximate surface area is 164 Å². The van der Waals surface area contributed by atoms with Gasteiger partial charge >= 0.3 is 0 Å². The summed E-state index contributed by atoms with van der Waals surface area (Å²) >= 11 is 0. The first-order chi connectivity index (χ1) is 13.7. The first kappa shape index (κ1) is 18.1. The average Bonchev–Trinajstić information content (AvgIpc) is 3.37. The predicted molar refractivity (Wildman–Crippen MR) is 109 cm³/mol. The lowest BCUT2D eigenvalue weighted by Crippen LogP contribution is -2.36. The van der Waals surface area contributed by atoms with Gasteiger partial charge < -0.3 is 9.47 Å². The van der Waals surface area contributed by atoms with Crippen molar-refractivity contribution in [2.45, 2.75) is 25.8 Å². The van der Waals surface area contributed by atoms with Gasteiger partial charge in [0.15, 0.2) is 5.82 Å². The summed E-state index contributed by atoms with van der Waals surface area (Å²) in [7, 11) is 1.92. The Hall–Kier alpha value is -3.28. The SMILES string of the molecule is CCC[C@@H]1C=CCN1C(=O)c1cccc(-c2ccc(-c3nccn3C)nn2)c1. The van der Waals surface area contributed by atoms with Crippen LogP contribution >= 0.6 is 0 Å². The van der Waals surface area contributed by atoms with Crippen molar-refractivity contribution in [1.82, 2.24) is 24.6 Å². The Morgan fingerprint density at radius 3 is 2.71 bits per heavy atom. The van der Waals surface area contributed by atoms with Crippen LogP contribution in [0.1, 0.15) is 30.1 Å². The summed E-state index contributed by atoms with van der Waals surface area (Å²) in [5.41, 5.74) is 3.01. The lowest BCUT2D eigenvalue weighted by Gasteiger charge is -2.24. The fourth-order valence-electron chi connectivity index (χ4n) is 3.55. The fourth-order valence-corrected chi connectivity index (χ4v) is 3.55. The molecule has 0 saturated heterocycles. The van der Waals surface area contributed by atoms with Gasteiger partial charge in [-0.05, 0) is 30.7 Å². The molecule has 1 aliphatic heterocycles. The van der Waals surface area contributed by atoms with Crippen LogP contribution in [0.15, 0.2) is 60.9 Å². The van der Waals surface area contributed by atoms with E-state index in [0.29, 0.717) is 17.8 Å². The highest BCUT2D eigenvalue weighted by atomic mass is 16.2. The summed E-state index contributed by atoms with van der Waals surface area (Å²) in [6, 6.07) is 11.6. The van der Waals surface area contributed by atoms with Gasteiger partial charge in [-0.15, -0.1) is 10.2 Å². The number of benzene rings is 1. The maximum Gasteiger partial charge on any atom is 0.254 e. The van der Waals surface area contributed by atoms with Crippen molar-refractivity contribution in [2.75, 3.05) is 6.54 Å². The van der Waals surface area contributed by atoms with Gasteiger partial charge in [-0.25, -0.2) is 4.98 Å². The number of hydrogen-bond acceptors (Lipinski definition) is 4. The van der Waals surface area contributed by atoms with E-state index >= 15 is 0 Å². The molecule has 4 rings (SSSR count). The molecule has 6 heteroatoms. The molecule has 0 bridgehead atoms. The number of imidazole rings is 1. The molecular weight excluding hydrogens is 350 g/mol.